The summed E-state index contributed by atoms with van der Waals surface area (Å²) < 4.78 is 16.4. The van der Waals surface area contributed by atoms with Crippen LogP contribution in [0.2, 0.25) is 5.02 Å². The van der Waals surface area contributed by atoms with Crippen LogP contribution in [0.15, 0.2) is 60.0 Å². The Morgan fingerprint density at radius 1 is 1.17 bits per heavy atom. The third-order valence-electron chi connectivity index (χ3n) is 3.20. The average molecular weight is 347 g/mol. The average Bonchev–Trinajstić information content (AvgIpc) is 2.90. The highest BCUT2D eigenvalue weighted by molar-refractivity contribution is 7.71. The molecular formula is C16H12ClFN4S. The van der Waals surface area contributed by atoms with E-state index in [1.54, 1.807) is 23.0 Å². The predicted octanol–water partition coefficient (Wildman–Crippen LogP) is 4.14. The largest absolute Gasteiger partial charge is 0.232 e. The number of nitrogens with zero attached hydrogens (tertiary/aromatic N) is 4. The Labute approximate surface area is 142 Å². The first kappa shape index (κ1) is 15.6. The van der Waals surface area contributed by atoms with Gasteiger partial charge in [-0.15, -0.1) is 0 Å². The van der Waals surface area contributed by atoms with Gasteiger partial charge in [-0.1, -0.05) is 41.9 Å². The van der Waals surface area contributed by atoms with Gasteiger partial charge in [-0.3, -0.25) is 0 Å². The quantitative estimate of drug-likeness (QED) is 0.525. The molecule has 1 aromatic heterocycles. The Bertz CT molecular complexity index is 899. The van der Waals surface area contributed by atoms with E-state index in [0.29, 0.717) is 16.3 Å². The summed E-state index contributed by atoms with van der Waals surface area (Å²) in [5.74, 6) is -0.286. The van der Waals surface area contributed by atoms with E-state index in [-0.39, 0.29) is 5.82 Å². The zero-order valence-corrected chi connectivity index (χ0v) is 13.5. The lowest BCUT2D eigenvalue weighted by molar-refractivity contribution is 0.628. The van der Waals surface area contributed by atoms with E-state index in [4.69, 9.17) is 23.8 Å². The minimum absolute atomic E-state index is 0.286. The van der Waals surface area contributed by atoms with Crippen LogP contribution in [-0.4, -0.2) is 20.7 Å². The van der Waals surface area contributed by atoms with Gasteiger partial charge in [0.1, 0.15) is 12.1 Å². The van der Waals surface area contributed by atoms with Crippen LogP contribution in [-0.2, 0) is 6.54 Å². The first-order chi connectivity index (χ1) is 11.1. The van der Waals surface area contributed by atoms with Crippen LogP contribution < -0.4 is 0 Å². The Hall–Kier alpha value is -2.31. The van der Waals surface area contributed by atoms with Crippen LogP contribution in [0, 0.1) is 10.6 Å². The molecule has 1 heterocycles. The number of aromatic nitrogens is 3. The number of benzene rings is 2. The summed E-state index contributed by atoms with van der Waals surface area (Å²) in [5, 5.41) is 9.13. The van der Waals surface area contributed by atoms with Crippen molar-refractivity contribution in [1.82, 2.24) is 14.5 Å². The first-order valence-corrected chi connectivity index (χ1v) is 7.60. The molecule has 0 aliphatic heterocycles. The Balaban J connectivity index is 1.81. The number of hydrogen-bond donors (Lipinski definition) is 0. The number of rotatable bonds is 4. The van der Waals surface area contributed by atoms with Gasteiger partial charge in [-0.05, 0) is 41.5 Å². The van der Waals surface area contributed by atoms with Gasteiger partial charge in [-0.25, -0.2) is 9.07 Å². The van der Waals surface area contributed by atoms with E-state index in [0.717, 1.165) is 11.1 Å². The number of halogens is 2. The maximum absolute atomic E-state index is 12.9. The van der Waals surface area contributed by atoms with Gasteiger partial charge in [0.15, 0.2) is 0 Å². The Morgan fingerprint density at radius 3 is 2.65 bits per heavy atom. The highest BCUT2D eigenvalue weighted by Crippen LogP contribution is 2.16. The Kier molecular flexibility index (Phi) is 4.64. The summed E-state index contributed by atoms with van der Waals surface area (Å²) in [4.78, 5) is 0. The molecule has 0 spiro atoms. The second-order valence-corrected chi connectivity index (χ2v) is 5.58. The highest BCUT2D eigenvalue weighted by Gasteiger charge is 2.04. The summed E-state index contributed by atoms with van der Waals surface area (Å²) >= 11 is 11.5. The van der Waals surface area contributed by atoms with E-state index < -0.39 is 0 Å². The topological polar surface area (TPSA) is 35.1 Å². The van der Waals surface area contributed by atoms with E-state index in [1.165, 1.54) is 23.1 Å². The Morgan fingerprint density at radius 2 is 1.91 bits per heavy atom. The van der Waals surface area contributed by atoms with Crippen LogP contribution in [0.4, 0.5) is 4.39 Å². The molecule has 0 N–H and O–H groups in total. The standard InChI is InChI=1S/C16H12ClFN4S/c17-15-4-2-1-3-13(15)10-21-16(23)22(11-20-21)19-9-12-5-7-14(18)8-6-12/h1-9,11H,10H2/b19-9-. The molecule has 0 aliphatic rings. The molecule has 0 saturated heterocycles. The number of hydrogen-bond acceptors (Lipinski definition) is 3. The lowest BCUT2D eigenvalue weighted by Crippen LogP contribution is -2.03. The van der Waals surface area contributed by atoms with Crippen molar-refractivity contribution in [2.75, 3.05) is 0 Å². The molecule has 23 heavy (non-hydrogen) atoms. The lowest BCUT2D eigenvalue weighted by Gasteiger charge is -2.03. The smallest absolute Gasteiger partial charge is 0.219 e. The van der Waals surface area contributed by atoms with Crippen molar-refractivity contribution in [3.63, 3.8) is 0 Å². The van der Waals surface area contributed by atoms with Gasteiger partial charge in [0.25, 0.3) is 0 Å². The van der Waals surface area contributed by atoms with E-state index in [2.05, 4.69) is 10.2 Å². The van der Waals surface area contributed by atoms with Crippen molar-refractivity contribution in [3.8, 4) is 0 Å². The van der Waals surface area contributed by atoms with Crippen LogP contribution in [0.3, 0.4) is 0 Å². The van der Waals surface area contributed by atoms with Gasteiger partial charge in [0, 0.05) is 5.02 Å². The molecule has 2 aromatic carbocycles. The summed E-state index contributed by atoms with van der Waals surface area (Å²) in [7, 11) is 0. The molecule has 0 bridgehead atoms. The zero-order valence-electron chi connectivity index (χ0n) is 11.9. The van der Waals surface area contributed by atoms with Crippen molar-refractivity contribution >= 4 is 30.0 Å². The van der Waals surface area contributed by atoms with Crippen molar-refractivity contribution in [2.45, 2.75) is 6.54 Å². The lowest BCUT2D eigenvalue weighted by atomic mass is 10.2. The van der Waals surface area contributed by atoms with Crippen LogP contribution in [0.5, 0.6) is 0 Å². The molecule has 3 aromatic rings. The highest BCUT2D eigenvalue weighted by atomic mass is 35.5. The van der Waals surface area contributed by atoms with E-state index in [1.807, 2.05) is 24.3 Å². The molecule has 0 saturated carbocycles. The van der Waals surface area contributed by atoms with Gasteiger partial charge < -0.3 is 0 Å². The molecular weight excluding hydrogens is 335 g/mol. The molecule has 0 amide bonds. The summed E-state index contributed by atoms with van der Waals surface area (Å²) in [5.41, 5.74) is 1.70. The fourth-order valence-corrected chi connectivity index (χ4v) is 2.38. The summed E-state index contributed by atoms with van der Waals surface area (Å²) in [6.07, 6.45) is 3.12. The van der Waals surface area contributed by atoms with Gasteiger partial charge in [0.05, 0.1) is 12.8 Å². The van der Waals surface area contributed by atoms with Crippen LogP contribution in [0.25, 0.3) is 0 Å². The zero-order chi connectivity index (χ0) is 16.2. The predicted molar refractivity (Wildman–Crippen MR) is 91.0 cm³/mol. The SMILES string of the molecule is Fc1ccc(/C=N\n2cnn(Cc3ccccc3Cl)c2=S)cc1. The van der Waals surface area contributed by atoms with Gasteiger partial charge in [-0.2, -0.15) is 14.9 Å². The van der Waals surface area contributed by atoms with Crippen molar-refractivity contribution in [1.29, 1.82) is 0 Å². The normalized spacial score (nSPS) is 11.2. The van der Waals surface area contributed by atoms with Crippen molar-refractivity contribution in [3.05, 3.63) is 81.6 Å². The third kappa shape index (κ3) is 3.72. The van der Waals surface area contributed by atoms with Crippen molar-refractivity contribution < 1.29 is 4.39 Å². The molecule has 116 valence electrons. The maximum atomic E-state index is 12.9. The van der Waals surface area contributed by atoms with Gasteiger partial charge >= 0.3 is 0 Å². The van der Waals surface area contributed by atoms with E-state index in [9.17, 15) is 4.39 Å². The van der Waals surface area contributed by atoms with Crippen LogP contribution >= 0.6 is 23.8 Å². The summed E-state index contributed by atoms with van der Waals surface area (Å²) in [6.45, 7) is 0.470. The fraction of sp³-hybridized carbons (Fsp3) is 0.0625. The maximum Gasteiger partial charge on any atom is 0.219 e. The van der Waals surface area contributed by atoms with Gasteiger partial charge in [0.2, 0.25) is 4.77 Å². The molecule has 7 heteroatoms. The third-order valence-corrected chi connectivity index (χ3v) is 3.96. The minimum atomic E-state index is -0.286. The molecule has 0 radical (unpaired) electrons. The minimum Gasteiger partial charge on any atom is -0.232 e. The molecule has 0 unspecified atom stereocenters. The molecule has 0 atom stereocenters. The molecule has 3 rings (SSSR count). The second-order valence-electron chi connectivity index (χ2n) is 4.80. The fourth-order valence-electron chi connectivity index (χ4n) is 1.98. The summed E-state index contributed by atoms with van der Waals surface area (Å²) in [6, 6.07) is 13.6. The van der Waals surface area contributed by atoms with Crippen molar-refractivity contribution in [2.24, 2.45) is 5.10 Å². The van der Waals surface area contributed by atoms with E-state index >= 15 is 0 Å². The second kappa shape index (κ2) is 6.85. The molecule has 0 fully saturated rings. The molecule has 4 nitrogen and oxygen atoms in total. The monoisotopic (exact) mass is 346 g/mol. The van der Waals surface area contributed by atoms with Crippen LogP contribution in [0.1, 0.15) is 11.1 Å². The molecule has 0 aliphatic carbocycles. The first-order valence-electron chi connectivity index (χ1n) is 6.81.